The molecule has 1 unspecified atom stereocenters. The average molecular weight is 532 g/mol. The summed E-state index contributed by atoms with van der Waals surface area (Å²) in [5.41, 5.74) is 0.498. The minimum absolute atomic E-state index is 0.0244. The average Bonchev–Trinajstić information content (AvgIpc) is 3.36. The molecule has 1 atom stereocenters. The van der Waals surface area contributed by atoms with Crippen LogP contribution in [0.5, 0.6) is 5.75 Å². The summed E-state index contributed by atoms with van der Waals surface area (Å²) in [6.07, 6.45) is 1.54. The molecule has 2 aliphatic heterocycles. The number of anilines is 1. The standard InChI is InChI=1S/C22H27F2N3O6S2/c1-32-21-6-5-18(34(28,29)25-15-17-3-2-12-33-17)14-20(21)26-8-10-27(11-9-26)35(30,31)22-7-4-16(23)13-19(22)24/h4-7,13-14,17,25H,2-3,8-12,15H2,1H3. The second-order valence-electron chi connectivity index (χ2n) is 8.29. The van der Waals surface area contributed by atoms with Crippen molar-refractivity contribution in [1.82, 2.24) is 9.03 Å². The number of nitrogens with zero attached hydrogens (tertiary/aromatic N) is 2. The van der Waals surface area contributed by atoms with Crippen molar-refractivity contribution in [2.45, 2.75) is 28.7 Å². The van der Waals surface area contributed by atoms with Crippen molar-refractivity contribution >= 4 is 25.7 Å². The van der Waals surface area contributed by atoms with Gasteiger partial charge in [-0.2, -0.15) is 4.31 Å². The van der Waals surface area contributed by atoms with E-state index in [0.29, 0.717) is 24.1 Å². The van der Waals surface area contributed by atoms with E-state index in [1.54, 1.807) is 6.07 Å². The maximum absolute atomic E-state index is 14.1. The van der Waals surface area contributed by atoms with Gasteiger partial charge in [0.15, 0.2) is 0 Å². The number of piperazine rings is 1. The second kappa shape index (κ2) is 10.3. The van der Waals surface area contributed by atoms with Crippen molar-refractivity contribution in [2.75, 3.05) is 51.3 Å². The fraction of sp³-hybridized carbons (Fsp3) is 0.455. The number of methoxy groups -OCH3 is 1. The molecule has 0 aliphatic carbocycles. The first-order chi connectivity index (χ1) is 16.6. The molecule has 2 fully saturated rings. The summed E-state index contributed by atoms with van der Waals surface area (Å²) in [6, 6.07) is 6.82. The molecule has 0 aromatic heterocycles. The fourth-order valence-corrected chi connectivity index (χ4v) is 6.72. The van der Waals surface area contributed by atoms with Gasteiger partial charge < -0.3 is 14.4 Å². The highest BCUT2D eigenvalue weighted by molar-refractivity contribution is 7.89. The van der Waals surface area contributed by atoms with Gasteiger partial charge in [-0.3, -0.25) is 0 Å². The Hall–Kier alpha value is -2.32. The Morgan fingerprint density at radius 1 is 1.06 bits per heavy atom. The molecule has 13 heteroatoms. The molecule has 192 valence electrons. The van der Waals surface area contributed by atoms with Crippen LogP contribution in [-0.2, 0) is 24.8 Å². The van der Waals surface area contributed by atoms with Gasteiger partial charge in [0, 0.05) is 45.4 Å². The summed E-state index contributed by atoms with van der Waals surface area (Å²) in [4.78, 5) is 1.27. The number of halogens is 2. The summed E-state index contributed by atoms with van der Waals surface area (Å²) in [6.45, 7) is 1.28. The zero-order chi connectivity index (χ0) is 25.2. The summed E-state index contributed by atoms with van der Waals surface area (Å²) >= 11 is 0. The van der Waals surface area contributed by atoms with Crippen molar-refractivity contribution in [3.05, 3.63) is 48.0 Å². The molecule has 4 rings (SSSR count). The van der Waals surface area contributed by atoms with E-state index in [4.69, 9.17) is 9.47 Å². The van der Waals surface area contributed by atoms with Gasteiger partial charge in [-0.25, -0.2) is 30.3 Å². The van der Waals surface area contributed by atoms with Crippen LogP contribution in [0, 0.1) is 11.6 Å². The first kappa shape index (κ1) is 25.8. The van der Waals surface area contributed by atoms with E-state index in [2.05, 4.69) is 4.72 Å². The molecule has 0 saturated carbocycles. The summed E-state index contributed by atoms with van der Waals surface area (Å²) < 4.78 is 93.3. The number of hydrogen-bond donors (Lipinski definition) is 1. The van der Waals surface area contributed by atoms with Crippen LogP contribution in [0.4, 0.5) is 14.5 Å². The zero-order valence-corrected chi connectivity index (χ0v) is 20.7. The summed E-state index contributed by atoms with van der Waals surface area (Å²) in [7, 11) is -6.51. The first-order valence-corrected chi connectivity index (χ1v) is 14.0. The van der Waals surface area contributed by atoms with E-state index in [1.807, 2.05) is 4.90 Å². The Labute approximate surface area is 203 Å². The van der Waals surface area contributed by atoms with Crippen molar-refractivity contribution in [2.24, 2.45) is 0 Å². The molecule has 2 saturated heterocycles. The van der Waals surface area contributed by atoms with E-state index >= 15 is 0 Å². The van der Waals surface area contributed by atoms with Gasteiger partial charge in [0.25, 0.3) is 0 Å². The van der Waals surface area contributed by atoms with E-state index < -0.39 is 36.6 Å². The molecule has 0 radical (unpaired) electrons. The van der Waals surface area contributed by atoms with Gasteiger partial charge in [0.2, 0.25) is 20.0 Å². The van der Waals surface area contributed by atoms with E-state index in [-0.39, 0.29) is 43.7 Å². The lowest BCUT2D eigenvalue weighted by Gasteiger charge is -2.36. The van der Waals surface area contributed by atoms with Crippen molar-refractivity contribution in [1.29, 1.82) is 0 Å². The second-order valence-corrected chi connectivity index (χ2v) is 12.0. The lowest BCUT2D eigenvalue weighted by atomic mass is 10.2. The van der Waals surface area contributed by atoms with Crippen LogP contribution in [0.3, 0.4) is 0 Å². The summed E-state index contributed by atoms with van der Waals surface area (Å²) in [5.74, 6) is -1.58. The van der Waals surface area contributed by atoms with Crippen LogP contribution in [0.1, 0.15) is 12.8 Å². The molecule has 9 nitrogen and oxygen atoms in total. The quantitative estimate of drug-likeness (QED) is 0.555. The van der Waals surface area contributed by atoms with Crippen LogP contribution in [0.25, 0.3) is 0 Å². The molecule has 0 bridgehead atoms. The van der Waals surface area contributed by atoms with E-state index in [0.717, 1.165) is 29.3 Å². The smallest absolute Gasteiger partial charge is 0.246 e. The predicted octanol–water partition coefficient (Wildman–Crippen LogP) is 1.94. The topological polar surface area (TPSA) is 105 Å². The van der Waals surface area contributed by atoms with Gasteiger partial charge in [-0.05, 0) is 43.2 Å². The highest BCUT2D eigenvalue weighted by Gasteiger charge is 2.32. The third-order valence-electron chi connectivity index (χ3n) is 6.08. The largest absolute Gasteiger partial charge is 0.495 e. The van der Waals surface area contributed by atoms with Crippen LogP contribution in [0.15, 0.2) is 46.2 Å². The maximum Gasteiger partial charge on any atom is 0.246 e. The Morgan fingerprint density at radius 3 is 2.43 bits per heavy atom. The molecule has 35 heavy (non-hydrogen) atoms. The van der Waals surface area contributed by atoms with E-state index in [9.17, 15) is 25.6 Å². The number of nitrogens with one attached hydrogen (secondary N) is 1. The highest BCUT2D eigenvalue weighted by Crippen LogP contribution is 2.32. The highest BCUT2D eigenvalue weighted by atomic mass is 32.2. The van der Waals surface area contributed by atoms with Crippen molar-refractivity contribution in [3.8, 4) is 5.75 Å². The molecular formula is C22H27F2N3O6S2. The monoisotopic (exact) mass is 531 g/mol. The molecule has 0 amide bonds. The Balaban J connectivity index is 1.49. The lowest BCUT2D eigenvalue weighted by Crippen LogP contribution is -2.49. The van der Waals surface area contributed by atoms with Gasteiger partial charge in [0.05, 0.1) is 23.8 Å². The third kappa shape index (κ3) is 5.59. The van der Waals surface area contributed by atoms with Crippen LogP contribution < -0.4 is 14.4 Å². The minimum Gasteiger partial charge on any atom is -0.495 e. The van der Waals surface area contributed by atoms with E-state index in [1.165, 1.54) is 19.2 Å². The Bertz CT molecular complexity index is 1280. The fourth-order valence-electron chi connectivity index (χ4n) is 4.17. The van der Waals surface area contributed by atoms with Crippen LogP contribution in [0.2, 0.25) is 0 Å². The SMILES string of the molecule is COc1ccc(S(=O)(=O)NCC2CCCO2)cc1N1CCN(S(=O)(=O)c2ccc(F)cc2F)CC1. The number of sulfonamides is 2. The Kier molecular flexibility index (Phi) is 7.62. The molecule has 2 aromatic rings. The van der Waals surface area contributed by atoms with Crippen LogP contribution >= 0.6 is 0 Å². The van der Waals surface area contributed by atoms with Gasteiger partial charge >= 0.3 is 0 Å². The normalized spacial score (nSPS) is 19.7. The van der Waals surface area contributed by atoms with Crippen molar-refractivity contribution in [3.63, 3.8) is 0 Å². The Morgan fingerprint density at radius 2 is 1.80 bits per heavy atom. The zero-order valence-electron chi connectivity index (χ0n) is 19.1. The predicted molar refractivity (Wildman–Crippen MR) is 124 cm³/mol. The number of hydrogen-bond acceptors (Lipinski definition) is 7. The van der Waals surface area contributed by atoms with Gasteiger partial charge in [0.1, 0.15) is 22.3 Å². The van der Waals surface area contributed by atoms with Gasteiger partial charge in [-0.15, -0.1) is 0 Å². The molecule has 2 aliphatic rings. The maximum atomic E-state index is 14.1. The van der Waals surface area contributed by atoms with Crippen LogP contribution in [-0.4, -0.2) is 73.7 Å². The molecule has 1 N–H and O–H groups in total. The third-order valence-corrected chi connectivity index (χ3v) is 9.43. The summed E-state index contributed by atoms with van der Waals surface area (Å²) in [5, 5.41) is 0. The minimum atomic E-state index is -4.16. The van der Waals surface area contributed by atoms with Gasteiger partial charge in [-0.1, -0.05) is 0 Å². The lowest BCUT2D eigenvalue weighted by molar-refractivity contribution is 0.114. The number of ether oxygens (including phenoxy) is 2. The number of rotatable bonds is 8. The molecular weight excluding hydrogens is 504 g/mol. The van der Waals surface area contributed by atoms with Crippen molar-refractivity contribution < 1.29 is 35.1 Å². The molecule has 0 spiro atoms. The first-order valence-electron chi connectivity index (χ1n) is 11.1. The number of benzene rings is 2. The molecule has 2 aromatic carbocycles. The molecule has 2 heterocycles.